The molecule has 0 amide bonds. The van der Waals surface area contributed by atoms with Crippen LogP contribution in [0, 0.1) is 0 Å². The molecule has 2 aliphatic rings. The highest BCUT2D eigenvalue weighted by Crippen LogP contribution is 2.37. The second kappa shape index (κ2) is 6.14. The molecule has 0 radical (unpaired) electrons. The van der Waals surface area contributed by atoms with Gasteiger partial charge in [-0.3, -0.25) is 0 Å². The van der Waals surface area contributed by atoms with E-state index in [1.165, 1.54) is 21.9 Å². The zero-order chi connectivity index (χ0) is 18.6. The molecule has 2 aromatic heterocycles. The Hall–Kier alpha value is -2.24. The lowest BCUT2D eigenvalue weighted by Crippen LogP contribution is -2.38. The Bertz CT molecular complexity index is 1120. The van der Waals surface area contributed by atoms with E-state index in [2.05, 4.69) is 15.3 Å². The summed E-state index contributed by atoms with van der Waals surface area (Å²) in [5, 5.41) is 14.0. The van der Waals surface area contributed by atoms with Crippen LogP contribution in [0.2, 0.25) is 0 Å². The number of aromatic nitrogens is 4. The van der Waals surface area contributed by atoms with E-state index < -0.39 is 10.0 Å². The predicted molar refractivity (Wildman–Crippen MR) is 98.6 cm³/mol. The average molecular weight is 407 g/mol. The Balaban J connectivity index is 1.49. The van der Waals surface area contributed by atoms with Crippen molar-refractivity contribution < 1.29 is 17.9 Å². The summed E-state index contributed by atoms with van der Waals surface area (Å²) < 4.78 is 37.8. The standard InChI is InChI=1S/C16H17N5O4S2/c1-27(22,23)20-6-2-3-11(8-20)14-17-18-16-21(14)19-15(26-16)10-4-5-12-13(7-10)25-9-24-12/h4-5,7,11H,2-3,6,8-9H2,1H3. The number of piperidine rings is 1. The van der Waals surface area contributed by atoms with Crippen molar-refractivity contribution in [2.75, 3.05) is 26.1 Å². The lowest BCUT2D eigenvalue weighted by Gasteiger charge is -2.29. The number of nitrogens with zero attached hydrogens (tertiary/aromatic N) is 5. The van der Waals surface area contributed by atoms with Crippen LogP contribution in [-0.4, -0.2) is 58.7 Å². The number of fused-ring (bicyclic) bond motifs is 2. The molecule has 0 saturated carbocycles. The fourth-order valence-electron chi connectivity index (χ4n) is 3.49. The summed E-state index contributed by atoms with van der Waals surface area (Å²) in [5.74, 6) is 2.12. The van der Waals surface area contributed by atoms with E-state index >= 15 is 0 Å². The van der Waals surface area contributed by atoms with Crippen molar-refractivity contribution in [3.8, 4) is 22.1 Å². The van der Waals surface area contributed by atoms with Gasteiger partial charge in [-0.05, 0) is 31.0 Å². The number of hydrogen-bond donors (Lipinski definition) is 0. The Labute approximate surface area is 159 Å². The van der Waals surface area contributed by atoms with Gasteiger partial charge in [0.05, 0.1) is 6.26 Å². The molecule has 0 bridgehead atoms. The maximum Gasteiger partial charge on any atom is 0.234 e. The molecule has 3 aromatic rings. The van der Waals surface area contributed by atoms with Gasteiger partial charge in [-0.2, -0.15) is 9.61 Å². The first kappa shape index (κ1) is 16.9. The minimum Gasteiger partial charge on any atom is -0.454 e. The Morgan fingerprint density at radius 3 is 2.93 bits per heavy atom. The minimum absolute atomic E-state index is 0.0184. The van der Waals surface area contributed by atoms with Crippen LogP contribution in [0.4, 0.5) is 0 Å². The summed E-state index contributed by atoms with van der Waals surface area (Å²) in [5.41, 5.74) is 0.919. The zero-order valence-corrected chi connectivity index (χ0v) is 16.2. The van der Waals surface area contributed by atoms with Gasteiger partial charge in [0.2, 0.25) is 21.8 Å². The fourth-order valence-corrected chi connectivity index (χ4v) is 5.24. The topological polar surface area (TPSA) is 98.9 Å². The van der Waals surface area contributed by atoms with E-state index in [0.717, 1.165) is 29.2 Å². The molecule has 2 aliphatic heterocycles. The predicted octanol–water partition coefficient (Wildman–Crippen LogP) is 1.72. The van der Waals surface area contributed by atoms with E-state index in [1.807, 2.05) is 18.2 Å². The Morgan fingerprint density at radius 2 is 2.07 bits per heavy atom. The molecule has 0 spiro atoms. The van der Waals surface area contributed by atoms with E-state index in [-0.39, 0.29) is 12.7 Å². The molecule has 1 aromatic carbocycles. The molecule has 1 atom stereocenters. The van der Waals surface area contributed by atoms with Crippen molar-refractivity contribution in [2.45, 2.75) is 18.8 Å². The van der Waals surface area contributed by atoms with Crippen LogP contribution in [0.1, 0.15) is 24.6 Å². The summed E-state index contributed by atoms with van der Waals surface area (Å²) in [7, 11) is -3.21. The number of rotatable bonds is 3. The molecule has 1 saturated heterocycles. The maximum absolute atomic E-state index is 11.9. The summed E-state index contributed by atoms with van der Waals surface area (Å²) in [4.78, 5) is 0.689. The molecule has 142 valence electrons. The number of ether oxygens (including phenoxy) is 2. The highest BCUT2D eigenvalue weighted by Gasteiger charge is 2.30. The van der Waals surface area contributed by atoms with Crippen molar-refractivity contribution in [3.63, 3.8) is 0 Å². The molecular formula is C16H17N5O4S2. The molecule has 5 rings (SSSR count). The summed E-state index contributed by atoms with van der Waals surface area (Å²) in [6, 6.07) is 5.71. The number of benzene rings is 1. The van der Waals surface area contributed by atoms with Gasteiger partial charge in [-0.15, -0.1) is 10.2 Å². The Morgan fingerprint density at radius 1 is 1.22 bits per heavy atom. The first-order chi connectivity index (χ1) is 13.0. The van der Waals surface area contributed by atoms with Gasteiger partial charge in [-0.25, -0.2) is 12.7 Å². The SMILES string of the molecule is CS(=O)(=O)N1CCCC(c2nnc3sc(-c4ccc5c(c4)OCO5)nn23)C1. The van der Waals surface area contributed by atoms with Crippen molar-refractivity contribution in [1.29, 1.82) is 0 Å². The maximum atomic E-state index is 11.9. The van der Waals surface area contributed by atoms with Crippen LogP contribution in [0.25, 0.3) is 15.5 Å². The van der Waals surface area contributed by atoms with Crippen LogP contribution in [0.15, 0.2) is 18.2 Å². The van der Waals surface area contributed by atoms with E-state index in [4.69, 9.17) is 9.47 Å². The first-order valence-corrected chi connectivity index (χ1v) is 11.2. The molecule has 0 aliphatic carbocycles. The lowest BCUT2D eigenvalue weighted by atomic mass is 9.99. The molecule has 27 heavy (non-hydrogen) atoms. The molecule has 1 fully saturated rings. The third kappa shape index (κ3) is 2.95. The third-order valence-corrected chi connectivity index (χ3v) is 7.07. The van der Waals surface area contributed by atoms with Gasteiger partial charge in [0.15, 0.2) is 17.3 Å². The largest absolute Gasteiger partial charge is 0.454 e. The molecule has 9 nitrogen and oxygen atoms in total. The van der Waals surface area contributed by atoms with Crippen molar-refractivity contribution >= 4 is 26.3 Å². The third-order valence-electron chi connectivity index (χ3n) is 4.85. The second-order valence-corrected chi connectivity index (χ2v) is 9.63. The minimum atomic E-state index is -3.21. The highest BCUT2D eigenvalue weighted by atomic mass is 32.2. The van der Waals surface area contributed by atoms with Gasteiger partial charge in [0.25, 0.3) is 0 Å². The molecule has 4 heterocycles. The summed E-state index contributed by atoms with van der Waals surface area (Å²) in [6.45, 7) is 1.19. The van der Waals surface area contributed by atoms with Gasteiger partial charge in [0.1, 0.15) is 5.01 Å². The molecule has 11 heteroatoms. The quantitative estimate of drug-likeness (QED) is 0.652. The molecule has 0 N–H and O–H groups in total. The van der Waals surface area contributed by atoms with Gasteiger partial charge in [-0.1, -0.05) is 11.3 Å². The van der Waals surface area contributed by atoms with Gasteiger partial charge < -0.3 is 9.47 Å². The Kier molecular flexibility index (Phi) is 3.85. The summed E-state index contributed by atoms with van der Waals surface area (Å²) >= 11 is 1.44. The fraction of sp³-hybridized carbons (Fsp3) is 0.438. The zero-order valence-electron chi connectivity index (χ0n) is 14.5. The van der Waals surface area contributed by atoms with Crippen molar-refractivity contribution in [3.05, 3.63) is 24.0 Å². The highest BCUT2D eigenvalue weighted by molar-refractivity contribution is 7.88. The van der Waals surface area contributed by atoms with Crippen molar-refractivity contribution in [1.82, 2.24) is 24.1 Å². The normalized spacial score (nSPS) is 20.4. The lowest BCUT2D eigenvalue weighted by molar-refractivity contribution is 0.174. The van der Waals surface area contributed by atoms with E-state index in [1.54, 1.807) is 4.52 Å². The smallest absolute Gasteiger partial charge is 0.234 e. The van der Waals surface area contributed by atoms with Gasteiger partial charge >= 0.3 is 0 Å². The van der Waals surface area contributed by atoms with Crippen LogP contribution in [0.3, 0.4) is 0 Å². The van der Waals surface area contributed by atoms with Gasteiger partial charge in [0, 0.05) is 24.6 Å². The number of sulfonamides is 1. The number of hydrogen-bond acceptors (Lipinski definition) is 8. The van der Waals surface area contributed by atoms with E-state index in [9.17, 15) is 8.42 Å². The monoisotopic (exact) mass is 407 g/mol. The molecule has 1 unspecified atom stereocenters. The van der Waals surface area contributed by atoms with Crippen molar-refractivity contribution in [2.24, 2.45) is 0 Å². The van der Waals surface area contributed by atoms with Crippen LogP contribution >= 0.6 is 11.3 Å². The summed E-state index contributed by atoms with van der Waals surface area (Å²) in [6.07, 6.45) is 2.91. The first-order valence-electron chi connectivity index (χ1n) is 8.56. The molecular weight excluding hydrogens is 390 g/mol. The van der Waals surface area contributed by atoms with Crippen LogP contribution in [0.5, 0.6) is 11.5 Å². The average Bonchev–Trinajstić information content (AvgIpc) is 3.35. The second-order valence-electron chi connectivity index (χ2n) is 6.69. The van der Waals surface area contributed by atoms with Crippen LogP contribution < -0.4 is 9.47 Å². The van der Waals surface area contributed by atoms with E-state index in [0.29, 0.717) is 29.6 Å². The van der Waals surface area contributed by atoms with Crippen LogP contribution in [-0.2, 0) is 10.0 Å².